The molecule has 0 radical (unpaired) electrons. The molecule has 1 unspecified atom stereocenters. The van der Waals surface area contributed by atoms with E-state index in [1.807, 2.05) is 12.1 Å². The quantitative estimate of drug-likeness (QED) is 0.781. The molecule has 1 atom stereocenters. The minimum atomic E-state index is -0.147. The summed E-state index contributed by atoms with van der Waals surface area (Å²) in [4.78, 5) is 0. The van der Waals surface area contributed by atoms with Crippen molar-refractivity contribution in [3.05, 3.63) is 47.8 Å². The van der Waals surface area contributed by atoms with E-state index in [4.69, 9.17) is 0 Å². The van der Waals surface area contributed by atoms with Gasteiger partial charge >= 0.3 is 0 Å². The summed E-state index contributed by atoms with van der Waals surface area (Å²) in [6, 6.07) is 7.98. The molecule has 1 fully saturated rings. The predicted octanol–water partition coefficient (Wildman–Crippen LogP) is 3.59. The van der Waals surface area contributed by atoms with E-state index in [2.05, 4.69) is 17.5 Å². The number of halogens is 1. The zero-order chi connectivity index (χ0) is 11.7. The molecule has 0 heterocycles. The second kappa shape index (κ2) is 4.61. The fourth-order valence-corrected chi connectivity index (χ4v) is 2.61. The van der Waals surface area contributed by atoms with Crippen LogP contribution >= 0.6 is 0 Å². The van der Waals surface area contributed by atoms with Crippen LogP contribution in [0.15, 0.2) is 36.4 Å². The van der Waals surface area contributed by atoms with Crippen molar-refractivity contribution in [1.29, 1.82) is 0 Å². The minimum absolute atomic E-state index is 0.147. The maximum Gasteiger partial charge on any atom is 0.123 e. The summed E-state index contributed by atoms with van der Waals surface area (Å²) in [5.74, 6) is 0.604. The van der Waals surface area contributed by atoms with Gasteiger partial charge in [-0.05, 0) is 49.3 Å². The van der Waals surface area contributed by atoms with E-state index in [1.54, 1.807) is 12.1 Å². The van der Waals surface area contributed by atoms with Gasteiger partial charge in [-0.3, -0.25) is 0 Å². The van der Waals surface area contributed by atoms with E-state index in [1.165, 1.54) is 18.4 Å². The first-order valence-electron chi connectivity index (χ1n) is 6.49. The van der Waals surface area contributed by atoms with Gasteiger partial charge in [0.15, 0.2) is 0 Å². The van der Waals surface area contributed by atoms with Crippen LogP contribution in [0.3, 0.4) is 0 Å². The van der Waals surface area contributed by atoms with Crippen molar-refractivity contribution in [2.75, 3.05) is 0 Å². The van der Waals surface area contributed by atoms with Gasteiger partial charge in [0.2, 0.25) is 0 Å². The third-order valence-electron chi connectivity index (χ3n) is 3.75. The van der Waals surface area contributed by atoms with Gasteiger partial charge in [-0.15, -0.1) is 0 Å². The highest BCUT2D eigenvalue weighted by Gasteiger charge is 2.33. The van der Waals surface area contributed by atoms with E-state index in [0.717, 1.165) is 18.8 Å². The lowest BCUT2D eigenvalue weighted by atomic mass is 10.0. The van der Waals surface area contributed by atoms with Gasteiger partial charge in [0.05, 0.1) is 0 Å². The molecular formula is C15H18FN. The van der Waals surface area contributed by atoms with Gasteiger partial charge in [0, 0.05) is 12.1 Å². The maximum absolute atomic E-state index is 12.9. The van der Waals surface area contributed by atoms with Crippen molar-refractivity contribution in [2.24, 2.45) is 5.92 Å². The highest BCUT2D eigenvalue weighted by Crippen LogP contribution is 2.41. The molecule has 1 nitrogen and oxygen atoms in total. The fourth-order valence-electron chi connectivity index (χ4n) is 2.61. The Morgan fingerprint density at radius 2 is 1.71 bits per heavy atom. The fraction of sp³-hybridized carbons (Fsp3) is 0.467. The van der Waals surface area contributed by atoms with Crippen LogP contribution in [-0.4, -0.2) is 6.04 Å². The summed E-state index contributed by atoms with van der Waals surface area (Å²) in [5.41, 5.74) is 1.24. The highest BCUT2D eigenvalue weighted by molar-refractivity contribution is 5.22. The summed E-state index contributed by atoms with van der Waals surface area (Å²) >= 11 is 0. The summed E-state index contributed by atoms with van der Waals surface area (Å²) < 4.78 is 12.9. The van der Waals surface area contributed by atoms with Crippen LogP contribution in [0.25, 0.3) is 0 Å². The molecule has 0 aromatic heterocycles. The van der Waals surface area contributed by atoms with Gasteiger partial charge in [0.25, 0.3) is 0 Å². The van der Waals surface area contributed by atoms with E-state index in [9.17, 15) is 4.39 Å². The van der Waals surface area contributed by atoms with Crippen molar-refractivity contribution < 1.29 is 4.39 Å². The number of hydrogen-bond acceptors (Lipinski definition) is 1. The molecule has 2 aliphatic rings. The Balaban J connectivity index is 1.72. The van der Waals surface area contributed by atoms with Crippen molar-refractivity contribution in [1.82, 2.24) is 5.32 Å². The van der Waals surface area contributed by atoms with E-state index in [0.29, 0.717) is 12.1 Å². The lowest BCUT2D eigenvalue weighted by molar-refractivity contribution is 0.412. The number of hydrogen-bond donors (Lipinski definition) is 1. The lowest BCUT2D eigenvalue weighted by Gasteiger charge is -2.23. The SMILES string of the molecule is Fc1ccc(C(NC2CC=CC2)C2CC2)cc1. The molecule has 1 N–H and O–H groups in total. The van der Waals surface area contributed by atoms with Crippen LogP contribution in [0.4, 0.5) is 4.39 Å². The predicted molar refractivity (Wildman–Crippen MR) is 67.2 cm³/mol. The van der Waals surface area contributed by atoms with Gasteiger partial charge in [0.1, 0.15) is 5.82 Å². The van der Waals surface area contributed by atoms with E-state index >= 15 is 0 Å². The largest absolute Gasteiger partial charge is 0.306 e. The Labute approximate surface area is 102 Å². The van der Waals surface area contributed by atoms with Crippen LogP contribution in [0.2, 0.25) is 0 Å². The first-order chi connectivity index (χ1) is 8.33. The van der Waals surface area contributed by atoms with Gasteiger partial charge < -0.3 is 5.32 Å². The molecule has 0 spiro atoms. The molecule has 0 saturated heterocycles. The first-order valence-corrected chi connectivity index (χ1v) is 6.49. The molecule has 0 bridgehead atoms. The summed E-state index contributed by atoms with van der Waals surface area (Å²) in [5, 5.41) is 3.73. The number of rotatable bonds is 4. The Hall–Kier alpha value is -1.15. The number of nitrogens with one attached hydrogen (secondary N) is 1. The molecule has 17 heavy (non-hydrogen) atoms. The summed E-state index contributed by atoms with van der Waals surface area (Å²) in [7, 11) is 0. The highest BCUT2D eigenvalue weighted by atomic mass is 19.1. The molecule has 1 aromatic carbocycles. The normalized spacial score (nSPS) is 21.9. The summed E-state index contributed by atoms with van der Waals surface area (Å²) in [6.07, 6.45) is 9.35. The van der Waals surface area contributed by atoms with Crippen LogP contribution < -0.4 is 5.32 Å². The third-order valence-corrected chi connectivity index (χ3v) is 3.75. The van der Waals surface area contributed by atoms with Crippen LogP contribution in [-0.2, 0) is 0 Å². The van der Waals surface area contributed by atoms with E-state index < -0.39 is 0 Å². The smallest absolute Gasteiger partial charge is 0.123 e. The van der Waals surface area contributed by atoms with Crippen molar-refractivity contribution in [3.8, 4) is 0 Å². The standard InChI is InChI=1S/C15H18FN/c16-13-9-7-12(8-10-13)15(11-5-6-11)17-14-3-1-2-4-14/h1-2,7-11,14-15,17H,3-6H2. The molecule has 3 rings (SSSR count). The minimum Gasteiger partial charge on any atom is -0.306 e. The van der Waals surface area contributed by atoms with Gasteiger partial charge in [-0.2, -0.15) is 0 Å². The van der Waals surface area contributed by atoms with Crippen molar-refractivity contribution in [2.45, 2.75) is 37.8 Å². The molecule has 0 amide bonds. The van der Waals surface area contributed by atoms with Crippen LogP contribution in [0.5, 0.6) is 0 Å². The molecule has 2 aliphatic carbocycles. The molecule has 2 heteroatoms. The molecule has 90 valence electrons. The summed E-state index contributed by atoms with van der Waals surface area (Å²) in [6.45, 7) is 0. The zero-order valence-electron chi connectivity index (χ0n) is 9.90. The van der Waals surface area contributed by atoms with Crippen LogP contribution in [0, 0.1) is 11.7 Å². The van der Waals surface area contributed by atoms with Crippen molar-refractivity contribution in [3.63, 3.8) is 0 Å². The molecule has 1 aromatic rings. The van der Waals surface area contributed by atoms with E-state index in [-0.39, 0.29) is 5.82 Å². The Bertz CT molecular complexity index is 397. The maximum atomic E-state index is 12.9. The second-order valence-corrected chi connectivity index (χ2v) is 5.17. The Kier molecular flexibility index (Phi) is 2.98. The van der Waals surface area contributed by atoms with Gasteiger partial charge in [-0.1, -0.05) is 24.3 Å². The molecule has 0 aliphatic heterocycles. The number of benzene rings is 1. The van der Waals surface area contributed by atoms with Gasteiger partial charge in [-0.25, -0.2) is 4.39 Å². The average molecular weight is 231 g/mol. The lowest BCUT2D eigenvalue weighted by Crippen LogP contribution is -2.32. The second-order valence-electron chi connectivity index (χ2n) is 5.17. The topological polar surface area (TPSA) is 12.0 Å². The van der Waals surface area contributed by atoms with Crippen molar-refractivity contribution >= 4 is 0 Å². The Morgan fingerprint density at radius 1 is 1.06 bits per heavy atom. The Morgan fingerprint density at radius 3 is 2.29 bits per heavy atom. The average Bonchev–Trinajstić information content (AvgIpc) is 3.05. The first kappa shape index (κ1) is 11.0. The van der Waals surface area contributed by atoms with Crippen LogP contribution in [0.1, 0.15) is 37.3 Å². The third kappa shape index (κ3) is 2.58. The molecular weight excluding hydrogens is 213 g/mol. The monoisotopic (exact) mass is 231 g/mol. The zero-order valence-corrected chi connectivity index (χ0v) is 9.90. The molecule has 1 saturated carbocycles.